The van der Waals surface area contributed by atoms with Crippen LogP contribution in [0.25, 0.3) is 0 Å². The zero-order valence-corrected chi connectivity index (χ0v) is 24.0. The number of pyridine rings is 2. The van der Waals surface area contributed by atoms with E-state index in [1.54, 1.807) is 71.9 Å². The van der Waals surface area contributed by atoms with Crippen LogP contribution in [-0.4, -0.2) is 64.9 Å². The Morgan fingerprint density at radius 1 is 1.00 bits per heavy atom. The van der Waals surface area contributed by atoms with Crippen LogP contribution >= 0.6 is 11.6 Å². The molecule has 2 aromatic carbocycles. The van der Waals surface area contributed by atoms with Gasteiger partial charge in [0, 0.05) is 48.5 Å². The molecule has 2 aliphatic rings. The van der Waals surface area contributed by atoms with Crippen molar-refractivity contribution >= 4 is 46.5 Å². The number of carbonyl (C=O) groups excluding carboxylic acids is 3. The number of fused-ring (bicyclic) bond motifs is 1. The first-order valence-corrected chi connectivity index (χ1v) is 14.3. The number of rotatable bonds is 7. The Bertz CT molecular complexity index is 1630. The number of nitrogens with one attached hydrogen (secondary N) is 2. The molecule has 2 aliphatic heterocycles. The van der Waals surface area contributed by atoms with E-state index >= 15 is 0 Å². The van der Waals surface area contributed by atoms with Crippen LogP contribution in [-0.2, 0) is 22.5 Å². The fourth-order valence-electron chi connectivity index (χ4n) is 5.18. The van der Waals surface area contributed by atoms with Gasteiger partial charge in [0.2, 0.25) is 5.91 Å². The van der Waals surface area contributed by atoms with Crippen molar-refractivity contribution < 1.29 is 19.1 Å². The number of hydrogen-bond acceptors (Lipinski definition) is 7. The van der Waals surface area contributed by atoms with E-state index in [1.165, 1.54) is 0 Å². The molecule has 1 fully saturated rings. The maximum absolute atomic E-state index is 13.8. The summed E-state index contributed by atoms with van der Waals surface area (Å²) in [5.74, 6) is -0.492. The standard InChI is InChI=1S/C32H29ClN6O4/c33-23-8-10-26-27(17-23)36-31(41)28(18-24-3-1-2-12-34-24)39(32(26)42)20-21-4-6-22(7-5-21)30(40)37-29-11-9-25(19-35-29)38-13-15-43-16-14-38/h1-12,17,19,28H,13-16,18,20H2,(H,36,41)(H,35,37,40)/t28-/m1/s1. The van der Waals surface area contributed by atoms with Crippen LogP contribution in [0.2, 0.25) is 5.02 Å². The molecule has 0 saturated carbocycles. The molecule has 1 atom stereocenters. The highest BCUT2D eigenvalue weighted by Gasteiger charge is 2.36. The minimum atomic E-state index is -0.817. The van der Waals surface area contributed by atoms with Gasteiger partial charge in [-0.3, -0.25) is 19.4 Å². The summed E-state index contributed by atoms with van der Waals surface area (Å²) in [4.78, 5) is 52.7. The lowest BCUT2D eigenvalue weighted by atomic mass is 10.0. The van der Waals surface area contributed by atoms with E-state index < -0.39 is 6.04 Å². The summed E-state index contributed by atoms with van der Waals surface area (Å²) in [6.07, 6.45) is 3.63. The number of morpholine rings is 1. The summed E-state index contributed by atoms with van der Waals surface area (Å²) in [6, 6.07) is 20.1. The molecule has 43 heavy (non-hydrogen) atoms. The molecule has 3 amide bonds. The van der Waals surface area contributed by atoms with Crippen molar-refractivity contribution in [2.24, 2.45) is 0 Å². The van der Waals surface area contributed by atoms with Crippen LogP contribution in [0.3, 0.4) is 0 Å². The summed E-state index contributed by atoms with van der Waals surface area (Å²) in [7, 11) is 0. The molecule has 4 heterocycles. The highest BCUT2D eigenvalue weighted by Crippen LogP contribution is 2.29. The number of amides is 3. The molecule has 1 saturated heterocycles. The fourth-order valence-corrected chi connectivity index (χ4v) is 5.35. The first-order valence-electron chi connectivity index (χ1n) is 13.9. The summed E-state index contributed by atoms with van der Waals surface area (Å²) in [6.45, 7) is 3.12. The van der Waals surface area contributed by atoms with Gasteiger partial charge >= 0.3 is 0 Å². The zero-order valence-electron chi connectivity index (χ0n) is 23.2. The molecular formula is C32H29ClN6O4. The zero-order chi connectivity index (χ0) is 29.8. The van der Waals surface area contributed by atoms with Crippen LogP contribution in [0.5, 0.6) is 0 Å². The molecular weight excluding hydrogens is 568 g/mol. The molecule has 4 aromatic rings. The van der Waals surface area contributed by atoms with E-state index in [0.717, 1.165) is 24.3 Å². The number of nitrogens with zero attached hydrogens (tertiary/aromatic N) is 4. The Morgan fingerprint density at radius 2 is 1.81 bits per heavy atom. The first kappa shape index (κ1) is 28.3. The molecule has 0 unspecified atom stereocenters. The van der Waals surface area contributed by atoms with Crippen LogP contribution in [0, 0.1) is 0 Å². The number of halogens is 1. The molecule has 0 spiro atoms. The van der Waals surface area contributed by atoms with Gasteiger partial charge in [0.05, 0.1) is 36.3 Å². The Kier molecular flexibility index (Phi) is 8.30. The second kappa shape index (κ2) is 12.6. The van der Waals surface area contributed by atoms with Crippen LogP contribution in [0.15, 0.2) is 85.2 Å². The maximum Gasteiger partial charge on any atom is 0.256 e. The topological polar surface area (TPSA) is 117 Å². The molecule has 10 nitrogen and oxygen atoms in total. The highest BCUT2D eigenvalue weighted by molar-refractivity contribution is 6.31. The van der Waals surface area contributed by atoms with E-state index in [-0.39, 0.29) is 30.7 Å². The lowest BCUT2D eigenvalue weighted by Gasteiger charge is -2.29. The Labute approximate surface area is 253 Å². The number of carbonyl (C=O) groups is 3. The molecule has 218 valence electrons. The van der Waals surface area contributed by atoms with Gasteiger partial charge in [-0.1, -0.05) is 29.8 Å². The lowest BCUT2D eigenvalue weighted by molar-refractivity contribution is -0.120. The Hall–Kier alpha value is -4.80. The first-order chi connectivity index (χ1) is 20.9. The second-order valence-corrected chi connectivity index (χ2v) is 10.7. The second-order valence-electron chi connectivity index (χ2n) is 10.3. The normalized spacial score (nSPS) is 16.7. The number of hydrogen-bond donors (Lipinski definition) is 2. The third kappa shape index (κ3) is 6.50. The van der Waals surface area contributed by atoms with Crippen molar-refractivity contribution in [3.8, 4) is 0 Å². The van der Waals surface area contributed by atoms with E-state index in [1.807, 2.05) is 18.2 Å². The Balaban J connectivity index is 1.18. The average Bonchev–Trinajstić information content (AvgIpc) is 3.12. The van der Waals surface area contributed by atoms with Gasteiger partial charge in [-0.15, -0.1) is 0 Å². The predicted octanol–water partition coefficient (Wildman–Crippen LogP) is 4.42. The number of aromatic nitrogens is 2. The highest BCUT2D eigenvalue weighted by atomic mass is 35.5. The smallest absolute Gasteiger partial charge is 0.256 e. The SMILES string of the molecule is O=C(Nc1ccc(N2CCOCC2)cn1)c1ccc(CN2C(=O)c3ccc(Cl)cc3NC(=O)[C@H]2Cc2ccccn2)cc1. The van der Waals surface area contributed by atoms with E-state index in [9.17, 15) is 14.4 Å². The third-order valence-electron chi connectivity index (χ3n) is 7.47. The number of ether oxygens (including phenoxy) is 1. The van der Waals surface area contributed by atoms with Crippen molar-refractivity contribution in [3.05, 3.63) is 113 Å². The van der Waals surface area contributed by atoms with Gasteiger partial charge in [0.25, 0.3) is 11.8 Å². The minimum Gasteiger partial charge on any atom is -0.378 e. The molecule has 2 N–H and O–H groups in total. The molecule has 0 radical (unpaired) electrons. The van der Waals surface area contributed by atoms with Gasteiger partial charge in [-0.2, -0.15) is 0 Å². The van der Waals surface area contributed by atoms with Gasteiger partial charge in [0.1, 0.15) is 11.9 Å². The number of benzene rings is 2. The molecule has 6 rings (SSSR count). The molecule has 0 bridgehead atoms. The number of anilines is 3. The van der Waals surface area contributed by atoms with Gasteiger partial charge < -0.3 is 25.2 Å². The van der Waals surface area contributed by atoms with Crippen molar-refractivity contribution in [1.82, 2.24) is 14.9 Å². The molecule has 0 aliphatic carbocycles. The predicted molar refractivity (Wildman–Crippen MR) is 163 cm³/mol. The maximum atomic E-state index is 13.8. The van der Waals surface area contributed by atoms with Gasteiger partial charge in [0.15, 0.2) is 0 Å². The van der Waals surface area contributed by atoms with E-state index in [0.29, 0.717) is 46.6 Å². The van der Waals surface area contributed by atoms with Crippen molar-refractivity contribution in [2.75, 3.05) is 41.8 Å². The summed E-state index contributed by atoms with van der Waals surface area (Å²) in [5, 5.41) is 6.12. The summed E-state index contributed by atoms with van der Waals surface area (Å²) >= 11 is 6.16. The molecule has 11 heteroatoms. The third-order valence-corrected chi connectivity index (χ3v) is 7.71. The van der Waals surface area contributed by atoms with Crippen molar-refractivity contribution in [3.63, 3.8) is 0 Å². The lowest BCUT2D eigenvalue weighted by Crippen LogP contribution is -2.46. The average molecular weight is 597 g/mol. The Morgan fingerprint density at radius 3 is 2.53 bits per heavy atom. The summed E-state index contributed by atoms with van der Waals surface area (Å²) in [5.41, 5.74) is 3.58. The van der Waals surface area contributed by atoms with E-state index in [2.05, 4.69) is 25.5 Å². The van der Waals surface area contributed by atoms with Crippen LogP contribution in [0.1, 0.15) is 32.0 Å². The van der Waals surface area contributed by atoms with Crippen LogP contribution < -0.4 is 15.5 Å². The largest absolute Gasteiger partial charge is 0.378 e. The fraction of sp³-hybridized carbons (Fsp3) is 0.219. The van der Waals surface area contributed by atoms with E-state index in [4.69, 9.17) is 16.3 Å². The van der Waals surface area contributed by atoms with Crippen molar-refractivity contribution in [1.29, 1.82) is 0 Å². The van der Waals surface area contributed by atoms with Crippen molar-refractivity contribution in [2.45, 2.75) is 19.0 Å². The quantitative estimate of drug-likeness (QED) is 0.324. The minimum absolute atomic E-state index is 0.151. The summed E-state index contributed by atoms with van der Waals surface area (Å²) < 4.78 is 5.40. The van der Waals surface area contributed by atoms with Crippen LogP contribution in [0.4, 0.5) is 17.2 Å². The van der Waals surface area contributed by atoms with Gasteiger partial charge in [-0.25, -0.2) is 4.98 Å². The van der Waals surface area contributed by atoms with Gasteiger partial charge in [-0.05, 0) is 60.2 Å². The monoisotopic (exact) mass is 596 g/mol. The molecule has 2 aromatic heterocycles.